The molecular weight excluding hydrogens is 284 g/mol. The van der Waals surface area contributed by atoms with Gasteiger partial charge in [0, 0.05) is 12.6 Å². The Hall–Kier alpha value is -0.910. The van der Waals surface area contributed by atoms with E-state index in [2.05, 4.69) is 4.72 Å². The van der Waals surface area contributed by atoms with Gasteiger partial charge in [0.05, 0.1) is 5.75 Å². The second kappa shape index (κ2) is 7.38. The summed E-state index contributed by atoms with van der Waals surface area (Å²) >= 11 is 0. The smallest absolute Gasteiger partial charge is 0.212 e. The zero-order valence-electron chi connectivity index (χ0n) is 12.7. The number of nitrogens with one attached hydrogen (secondary N) is 1. The summed E-state index contributed by atoms with van der Waals surface area (Å²) in [4.78, 5) is 0. The minimum Gasteiger partial charge on any atom is -0.328 e. The molecule has 3 atom stereocenters. The van der Waals surface area contributed by atoms with Crippen molar-refractivity contribution in [2.24, 2.45) is 11.7 Å². The van der Waals surface area contributed by atoms with Gasteiger partial charge in [-0.25, -0.2) is 13.1 Å². The van der Waals surface area contributed by atoms with Gasteiger partial charge in [-0.05, 0) is 36.7 Å². The molecule has 5 heteroatoms. The lowest BCUT2D eigenvalue weighted by Crippen LogP contribution is -2.37. The first-order chi connectivity index (χ1) is 9.96. The minimum absolute atomic E-state index is 0.00249. The molecule has 3 N–H and O–H groups in total. The first-order valence-electron chi connectivity index (χ1n) is 7.74. The normalized spacial score (nSPS) is 24.7. The number of benzene rings is 1. The summed E-state index contributed by atoms with van der Waals surface area (Å²) in [6.07, 6.45) is 4.17. The van der Waals surface area contributed by atoms with E-state index in [1.165, 1.54) is 0 Å². The third kappa shape index (κ3) is 5.41. The van der Waals surface area contributed by atoms with Crippen molar-refractivity contribution in [1.29, 1.82) is 0 Å². The monoisotopic (exact) mass is 310 g/mol. The highest BCUT2D eigenvalue weighted by Crippen LogP contribution is 2.23. The Morgan fingerprint density at radius 2 is 2.00 bits per heavy atom. The van der Waals surface area contributed by atoms with Crippen LogP contribution in [0.1, 0.15) is 44.1 Å². The molecule has 1 aliphatic carbocycles. The largest absolute Gasteiger partial charge is 0.328 e. The average molecular weight is 310 g/mol. The molecule has 0 radical (unpaired) electrons. The highest BCUT2D eigenvalue weighted by Gasteiger charge is 2.22. The molecular formula is C16H26N2O2S. The molecule has 4 nitrogen and oxygen atoms in total. The highest BCUT2D eigenvalue weighted by molar-refractivity contribution is 7.89. The minimum atomic E-state index is -3.24. The molecule has 1 saturated carbocycles. The molecule has 1 aliphatic rings. The Morgan fingerprint density at radius 3 is 2.67 bits per heavy atom. The van der Waals surface area contributed by atoms with Crippen molar-refractivity contribution in [3.05, 3.63) is 35.9 Å². The van der Waals surface area contributed by atoms with Crippen molar-refractivity contribution < 1.29 is 8.42 Å². The molecule has 1 fully saturated rings. The molecule has 2 rings (SSSR count). The lowest BCUT2D eigenvalue weighted by Gasteiger charge is -2.26. The van der Waals surface area contributed by atoms with Gasteiger partial charge in [-0.2, -0.15) is 0 Å². The lowest BCUT2D eigenvalue weighted by molar-refractivity contribution is 0.322. The predicted octanol–water partition coefficient (Wildman–Crippen LogP) is 2.23. The molecule has 0 amide bonds. The van der Waals surface area contributed by atoms with Gasteiger partial charge in [0.15, 0.2) is 0 Å². The molecule has 0 saturated heterocycles. The number of hydrogen-bond donors (Lipinski definition) is 2. The van der Waals surface area contributed by atoms with Gasteiger partial charge in [0.25, 0.3) is 0 Å². The fourth-order valence-electron chi connectivity index (χ4n) is 3.03. The summed E-state index contributed by atoms with van der Waals surface area (Å²) in [5.74, 6) is 0.517. The van der Waals surface area contributed by atoms with Crippen LogP contribution in [0.4, 0.5) is 0 Å². The second-order valence-corrected chi connectivity index (χ2v) is 8.09. The first-order valence-corrected chi connectivity index (χ1v) is 9.39. The molecule has 0 aromatic heterocycles. The third-order valence-electron chi connectivity index (χ3n) is 4.25. The van der Waals surface area contributed by atoms with Gasteiger partial charge in [0.1, 0.15) is 0 Å². The van der Waals surface area contributed by atoms with Gasteiger partial charge in [0.2, 0.25) is 10.0 Å². The van der Waals surface area contributed by atoms with Crippen molar-refractivity contribution in [2.75, 3.05) is 12.3 Å². The zero-order chi connectivity index (χ0) is 15.3. The van der Waals surface area contributed by atoms with Crippen LogP contribution in [0.5, 0.6) is 0 Å². The van der Waals surface area contributed by atoms with Gasteiger partial charge in [-0.15, -0.1) is 0 Å². The van der Waals surface area contributed by atoms with E-state index in [0.29, 0.717) is 12.5 Å². The Balaban J connectivity index is 1.84. The van der Waals surface area contributed by atoms with E-state index in [9.17, 15) is 8.42 Å². The molecule has 0 bridgehead atoms. The molecule has 0 aliphatic heterocycles. The number of sulfonamides is 1. The summed E-state index contributed by atoms with van der Waals surface area (Å²) < 4.78 is 27.2. The van der Waals surface area contributed by atoms with Crippen molar-refractivity contribution in [3.8, 4) is 0 Å². The van der Waals surface area contributed by atoms with E-state index >= 15 is 0 Å². The maximum absolute atomic E-state index is 12.2. The Bertz CT molecular complexity index is 530. The zero-order valence-corrected chi connectivity index (χ0v) is 13.5. The first kappa shape index (κ1) is 16.5. The number of rotatable bonds is 6. The maximum atomic E-state index is 12.2. The van der Waals surface area contributed by atoms with E-state index in [-0.39, 0.29) is 17.7 Å². The standard InChI is InChI=1S/C16H26N2O2S/c1-13(15-7-3-2-4-8-15)12-21(19,20)18-11-14-6-5-9-16(17)10-14/h2-4,7-8,13-14,16,18H,5-6,9-12,17H2,1H3. The summed E-state index contributed by atoms with van der Waals surface area (Å²) in [7, 11) is -3.24. The fraction of sp³-hybridized carbons (Fsp3) is 0.625. The summed E-state index contributed by atoms with van der Waals surface area (Å²) in [6, 6.07) is 10.00. The molecule has 0 spiro atoms. The van der Waals surface area contributed by atoms with Crippen LogP contribution in [0.25, 0.3) is 0 Å². The van der Waals surface area contributed by atoms with Gasteiger partial charge in [-0.3, -0.25) is 0 Å². The quantitative estimate of drug-likeness (QED) is 0.846. The van der Waals surface area contributed by atoms with Crippen LogP contribution < -0.4 is 10.5 Å². The Kier molecular flexibility index (Phi) is 5.79. The van der Waals surface area contributed by atoms with Crippen LogP contribution >= 0.6 is 0 Å². The maximum Gasteiger partial charge on any atom is 0.212 e. The summed E-state index contributed by atoms with van der Waals surface area (Å²) in [5.41, 5.74) is 7.00. The van der Waals surface area contributed by atoms with E-state index in [4.69, 9.17) is 5.73 Å². The molecule has 0 heterocycles. The van der Waals surface area contributed by atoms with Crippen molar-refractivity contribution >= 4 is 10.0 Å². The van der Waals surface area contributed by atoms with Crippen LogP contribution in [0.2, 0.25) is 0 Å². The van der Waals surface area contributed by atoms with E-state index in [1.807, 2.05) is 37.3 Å². The van der Waals surface area contributed by atoms with Crippen molar-refractivity contribution in [1.82, 2.24) is 4.72 Å². The van der Waals surface area contributed by atoms with E-state index in [1.54, 1.807) is 0 Å². The third-order valence-corrected chi connectivity index (χ3v) is 5.80. The molecule has 21 heavy (non-hydrogen) atoms. The SMILES string of the molecule is CC(CS(=O)(=O)NCC1CCCC(N)C1)c1ccccc1. The fourth-order valence-corrected chi connectivity index (χ4v) is 4.49. The highest BCUT2D eigenvalue weighted by atomic mass is 32.2. The lowest BCUT2D eigenvalue weighted by atomic mass is 9.86. The van der Waals surface area contributed by atoms with Crippen molar-refractivity contribution in [3.63, 3.8) is 0 Å². The predicted molar refractivity (Wildman–Crippen MR) is 86.6 cm³/mol. The number of nitrogens with two attached hydrogens (primary N) is 1. The molecule has 3 unspecified atom stereocenters. The topological polar surface area (TPSA) is 72.2 Å². The summed E-state index contributed by atoms with van der Waals surface area (Å²) in [5, 5.41) is 0. The van der Waals surface area contributed by atoms with Crippen LogP contribution in [0, 0.1) is 5.92 Å². The van der Waals surface area contributed by atoms with E-state index < -0.39 is 10.0 Å². The van der Waals surface area contributed by atoms with Gasteiger partial charge < -0.3 is 5.73 Å². The van der Waals surface area contributed by atoms with Gasteiger partial charge in [-0.1, -0.05) is 43.7 Å². The molecule has 1 aromatic rings. The second-order valence-electron chi connectivity index (χ2n) is 6.23. The van der Waals surface area contributed by atoms with Crippen LogP contribution in [-0.4, -0.2) is 26.8 Å². The Labute approximate surface area is 128 Å². The summed E-state index contributed by atoms with van der Waals surface area (Å²) in [6.45, 7) is 2.47. The van der Waals surface area contributed by atoms with Crippen LogP contribution in [-0.2, 0) is 10.0 Å². The average Bonchev–Trinajstić information content (AvgIpc) is 2.46. The van der Waals surface area contributed by atoms with Crippen LogP contribution in [0.15, 0.2) is 30.3 Å². The molecule has 1 aromatic carbocycles. The Morgan fingerprint density at radius 1 is 1.29 bits per heavy atom. The number of hydrogen-bond acceptors (Lipinski definition) is 3. The van der Waals surface area contributed by atoms with E-state index in [0.717, 1.165) is 31.2 Å². The van der Waals surface area contributed by atoms with Crippen molar-refractivity contribution in [2.45, 2.75) is 44.6 Å². The van der Waals surface area contributed by atoms with Crippen LogP contribution in [0.3, 0.4) is 0 Å². The molecule has 118 valence electrons. The van der Waals surface area contributed by atoms with Gasteiger partial charge >= 0.3 is 0 Å².